The Hall–Kier alpha value is -3.85. The Kier molecular flexibility index (Phi) is 10.1. The van der Waals surface area contributed by atoms with Crippen LogP contribution in [0, 0.1) is 0 Å². The molecule has 0 amide bonds. The van der Waals surface area contributed by atoms with Crippen LogP contribution >= 0.6 is 44.3 Å². The van der Waals surface area contributed by atoms with Crippen molar-refractivity contribution in [3.05, 3.63) is 128 Å². The first-order valence-corrected chi connectivity index (χ1v) is 18.0. The molecule has 49 heavy (non-hydrogen) atoms. The van der Waals surface area contributed by atoms with Gasteiger partial charge in [-0.3, -0.25) is 0 Å². The van der Waals surface area contributed by atoms with Gasteiger partial charge in [0.15, 0.2) is 0 Å². The number of fused-ring (bicyclic) bond motifs is 4. The van der Waals surface area contributed by atoms with Crippen molar-refractivity contribution in [2.45, 2.75) is 52.1 Å². The SMILES string of the molecule is CC(C)(C)c1ccc(CN2CCc3c2nc2ccc(Br)cc2c3N)cc1.Cl.Nc1c2c(nc3ccc(Br)cc13)N(Cc1ccccc1)CC2. The van der Waals surface area contributed by atoms with Crippen molar-refractivity contribution in [3.8, 4) is 0 Å². The molecule has 0 saturated heterocycles. The highest BCUT2D eigenvalue weighted by Crippen LogP contribution is 2.38. The van der Waals surface area contributed by atoms with Crippen molar-refractivity contribution in [2.75, 3.05) is 34.4 Å². The van der Waals surface area contributed by atoms with Gasteiger partial charge < -0.3 is 21.3 Å². The molecule has 252 valence electrons. The monoisotopic (exact) mass is 798 g/mol. The molecule has 0 radical (unpaired) electrons. The van der Waals surface area contributed by atoms with Crippen molar-refractivity contribution < 1.29 is 0 Å². The van der Waals surface area contributed by atoms with Gasteiger partial charge in [-0.15, -0.1) is 12.4 Å². The molecule has 2 aliphatic heterocycles. The summed E-state index contributed by atoms with van der Waals surface area (Å²) in [5.41, 5.74) is 23.1. The highest BCUT2D eigenvalue weighted by molar-refractivity contribution is 9.10. The minimum Gasteiger partial charge on any atom is -0.398 e. The maximum Gasteiger partial charge on any atom is 0.134 e. The molecule has 4 heterocycles. The molecule has 0 saturated carbocycles. The minimum absolute atomic E-state index is 0. The number of aromatic nitrogens is 2. The van der Waals surface area contributed by atoms with E-state index in [1.54, 1.807) is 0 Å². The summed E-state index contributed by atoms with van der Waals surface area (Å²) < 4.78 is 2.07. The molecule has 0 atom stereocenters. The lowest BCUT2D eigenvalue weighted by atomic mass is 9.87. The fourth-order valence-electron chi connectivity index (χ4n) is 6.74. The molecule has 0 aliphatic carbocycles. The highest BCUT2D eigenvalue weighted by atomic mass is 79.9. The Bertz CT molecular complexity index is 2130. The number of rotatable bonds is 4. The van der Waals surface area contributed by atoms with Gasteiger partial charge in [0, 0.05) is 68.4 Å². The van der Waals surface area contributed by atoms with Gasteiger partial charge >= 0.3 is 0 Å². The normalized spacial score (nSPS) is 13.6. The molecular weight excluding hydrogens is 760 g/mol. The third-order valence-electron chi connectivity index (χ3n) is 9.41. The molecule has 4 aromatic carbocycles. The fraction of sp³-hybridized carbons (Fsp3) is 0.250. The highest BCUT2D eigenvalue weighted by Gasteiger charge is 2.26. The number of pyridine rings is 2. The zero-order valence-corrected chi connectivity index (χ0v) is 32.0. The van der Waals surface area contributed by atoms with E-state index >= 15 is 0 Å². The molecule has 6 aromatic rings. The first kappa shape index (κ1) is 35.0. The van der Waals surface area contributed by atoms with Crippen LogP contribution in [0.3, 0.4) is 0 Å². The number of nitrogens with zero attached hydrogens (tertiary/aromatic N) is 4. The lowest BCUT2D eigenvalue weighted by Gasteiger charge is -2.22. The molecule has 0 unspecified atom stereocenters. The van der Waals surface area contributed by atoms with Crippen LogP contribution in [0.5, 0.6) is 0 Å². The number of anilines is 4. The molecule has 0 bridgehead atoms. The minimum atomic E-state index is 0. The summed E-state index contributed by atoms with van der Waals surface area (Å²) in [4.78, 5) is 14.4. The smallest absolute Gasteiger partial charge is 0.134 e. The van der Waals surface area contributed by atoms with E-state index in [2.05, 4.69) is 123 Å². The first-order valence-electron chi connectivity index (χ1n) is 16.4. The predicted octanol–water partition coefficient (Wildman–Crippen LogP) is 10.0. The summed E-state index contributed by atoms with van der Waals surface area (Å²) in [5, 5.41) is 2.07. The third kappa shape index (κ3) is 7.23. The van der Waals surface area contributed by atoms with Gasteiger partial charge in [0.1, 0.15) is 11.6 Å². The van der Waals surface area contributed by atoms with Crippen LogP contribution in [-0.4, -0.2) is 23.1 Å². The first-order chi connectivity index (χ1) is 23.0. The second-order valence-corrected chi connectivity index (χ2v) is 15.6. The standard InChI is InChI=1S/C22H24BrN3.C18H16BrN3.ClH/c1-22(2,3)15-6-4-14(5-7-15)13-26-11-10-17-20(24)18-12-16(23)8-9-19(18)25-21(17)26;19-13-6-7-16-15(10-13)17(20)14-8-9-22(18(14)21-16)11-12-4-2-1-3-5-12;/h4-9,12H,10-11,13H2,1-3H3,(H2,24,25);1-7,10H,8-9,11H2,(H2,20,21);1H. The van der Waals surface area contributed by atoms with Crippen LogP contribution < -0.4 is 21.3 Å². The number of hydrogen-bond donors (Lipinski definition) is 2. The second-order valence-electron chi connectivity index (χ2n) is 13.8. The van der Waals surface area contributed by atoms with E-state index in [4.69, 9.17) is 21.4 Å². The summed E-state index contributed by atoms with van der Waals surface area (Å²) in [6.45, 7) is 10.4. The van der Waals surface area contributed by atoms with E-state index < -0.39 is 0 Å². The van der Waals surface area contributed by atoms with Gasteiger partial charge in [-0.25, -0.2) is 9.97 Å². The van der Waals surface area contributed by atoms with E-state index in [0.717, 1.165) is 92.8 Å². The Morgan fingerprint density at radius 2 is 1.08 bits per heavy atom. The van der Waals surface area contributed by atoms with Crippen LogP contribution in [0.25, 0.3) is 21.8 Å². The maximum atomic E-state index is 6.48. The van der Waals surface area contributed by atoms with Gasteiger partial charge in [0.2, 0.25) is 0 Å². The fourth-order valence-corrected chi connectivity index (χ4v) is 7.46. The van der Waals surface area contributed by atoms with Crippen molar-refractivity contribution in [3.63, 3.8) is 0 Å². The summed E-state index contributed by atoms with van der Waals surface area (Å²) in [5.74, 6) is 2.08. The van der Waals surface area contributed by atoms with Gasteiger partial charge in [0.05, 0.1) is 11.0 Å². The Morgan fingerprint density at radius 1 is 0.633 bits per heavy atom. The largest absolute Gasteiger partial charge is 0.398 e. The molecule has 4 N–H and O–H groups in total. The maximum absolute atomic E-state index is 6.48. The summed E-state index contributed by atoms with van der Waals surface area (Å²) >= 11 is 7.04. The topological polar surface area (TPSA) is 84.3 Å². The molecule has 2 aromatic heterocycles. The van der Waals surface area contributed by atoms with Crippen molar-refractivity contribution in [2.24, 2.45) is 0 Å². The van der Waals surface area contributed by atoms with Crippen LogP contribution in [0.4, 0.5) is 23.0 Å². The van der Waals surface area contributed by atoms with Crippen LogP contribution in [-0.2, 0) is 31.3 Å². The van der Waals surface area contributed by atoms with E-state index in [1.165, 1.54) is 27.8 Å². The summed E-state index contributed by atoms with van der Waals surface area (Å²) in [6, 6.07) is 31.7. The average Bonchev–Trinajstić information content (AvgIpc) is 3.66. The Morgan fingerprint density at radius 3 is 1.53 bits per heavy atom. The van der Waals surface area contributed by atoms with Crippen molar-refractivity contribution in [1.82, 2.24) is 9.97 Å². The lowest BCUT2D eigenvalue weighted by molar-refractivity contribution is 0.590. The lowest BCUT2D eigenvalue weighted by Crippen LogP contribution is -2.20. The van der Waals surface area contributed by atoms with Crippen LogP contribution in [0.1, 0.15) is 48.6 Å². The predicted molar refractivity (Wildman–Crippen MR) is 216 cm³/mol. The molecule has 8 rings (SSSR count). The number of nitrogen functional groups attached to an aromatic ring is 2. The number of halogens is 3. The van der Waals surface area contributed by atoms with Gasteiger partial charge in [-0.2, -0.15) is 0 Å². The summed E-state index contributed by atoms with van der Waals surface area (Å²) in [6.07, 6.45) is 1.92. The number of nitrogens with two attached hydrogens (primary N) is 2. The summed E-state index contributed by atoms with van der Waals surface area (Å²) in [7, 11) is 0. The molecule has 2 aliphatic rings. The molecule has 0 spiro atoms. The Labute approximate surface area is 311 Å². The average molecular weight is 801 g/mol. The van der Waals surface area contributed by atoms with Gasteiger partial charge in [0.25, 0.3) is 0 Å². The van der Waals surface area contributed by atoms with E-state index in [9.17, 15) is 0 Å². The molecule has 0 fully saturated rings. The van der Waals surface area contributed by atoms with Gasteiger partial charge in [-0.05, 0) is 71.3 Å². The molecular formula is C40H41Br2ClN6. The Balaban J connectivity index is 0.000000169. The van der Waals surface area contributed by atoms with Crippen LogP contribution in [0.2, 0.25) is 0 Å². The number of benzene rings is 4. The van der Waals surface area contributed by atoms with E-state index in [-0.39, 0.29) is 17.8 Å². The quantitative estimate of drug-likeness (QED) is 0.185. The van der Waals surface area contributed by atoms with Crippen LogP contribution in [0.15, 0.2) is 99.9 Å². The van der Waals surface area contributed by atoms with Crippen molar-refractivity contribution >= 4 is 89.1 Å². The number of hydrogen-bond acceptors (Lipinski definition) is 6. The second kappa shape index (κ2) is 14.2. The van der Waals surface area contributed by atoms with E-state index in [0.29, 0.717) is 0 Å². The zero-order valence-electron chi connectivity index (χ0n) is 28.0. The van der Waals surface area contributed by atoms with E-state index in [1.807, 2.05) is 30.3 Å². The third-order valence-corrected chi connectivity index (χ3v) is 10.4. The van der Waals surface area contributed by atoms with Gasteiger partial charge in [-0.1, -0.05) is 107 Å². The zero-order chi connectivity index (χ0) is 33.6. The van der Waals surface area contributed by atoms with Crippen molar-refractivity contribution in [1.29, 1.82) is 0 Å². The molecule has 9 heteroatoms. The molecule has 6 nitrogen and oxygen atoms in total.